The van der Waals surface area contributed by atoms with Crippen molar-refractivity contribution in [2.75, 3.05) is 12.0 Å². The van der Waals surface area contributed by atoms with Crippen LogP contribution in [0.1, 0.15) is 18.4 Å². The zero-order valence-electron chi connectivity index (χ0n) is 14.1. The Morgan fingerprint density at radius 2 is 2.00 bits per heavy atom. The van der Waals surface area contributed by atoms with Crippen molar-refractivity contribution in [3.8, 4) is 11.3 Å². The van der Waals surface area contributed by atoms with Gasteiger partial charge in [-0.1, -0.05) is 12.1 Å². The third-order valence-electron chi connectivity index (χ3n) is 4.37. The van der Waals surface area contributed by atoms with Crippen LogP contribution in [-0.2, 0) is 11.0 Å². The molecule has 6 nitrogen and oxygen atoms in total. The number of hydrogen-bond donors (Lipinski definition) is 3. The minimum Gasteiger partial charge on any atom is -0.308 e. The standard InChI is InChI=1S/C17H17F4N5O/c1-22-9-23-12-7-16(18,8-12)15(27)24-14-6-13(25-26-14)10-2-4-11(5-3-10)17(19,20)21/h2-6,12,23H,1,7-9H2,(H2,24,25,26,27)/t12-,16-. The molecule has 1 aromatic carbocycles. The number of nitrogens with zero attached hydrogens (tertiary/aromatic N) is 2. The molecule has 1 amide bonds. The fraction of sp³-hybridized carbons (Fsp3) is 0.353. The molecular weight excluding hydrogens is 366 g/mol. The van der Waals surface area contributed by atoms with E-state index < -0.39 is 23.3 Å². The van der Waals surface area contributed by atoms with E-state index in [-0.39, 0.29) is 24.7 Å². The van der Waals surface area contributed by atoms with Crippen LogP contribution in [-0.4, -0.2) is 41.2 Å². The fourth-order valence-corrected chi connectivity index (χ4v) is 2.84. The predicted molar refractivity (Wildman–Crippen MR) is 92.1 cm³/mol. The first-order chi connectivity index (χ1) is 12.7. The smallest absolute Gasteiger partial charge is 0.308 e. The van der Waals surface area contributed by atoms with Gasteiger partial charge in [0.15, 0.2) is 5.67 Å². The van der Waals surface area contributed by atoms with Crippen molar-refractivity contribution in [2.24, 2.45) is 4.99 Å². The lowest BCUT2D eigenvalue weighted by atomic mass is 9.76. The lowest BCUT2D eigenvalue weighted by Crippen LogP contribution is -2.57. The van der Waals surface area contributed by atoms with Crippen LogP contribution in [0, 0.1) is 0 Å². The molecule has 0 radical (unpaired) electrons. The zero-order valence-corrected chi connectivity index (χ0v) is 14.1. The van der Waals surface area contributed by atoms with E-state index in [1.807, 2.05) is 0 Å². The van der Waals surface area contributed by atoms with Gasteiger partial charge in [0.2, 0.25) is 0 Å². The van der Waals surface area contributed by atoms with Crippen LogP contribution in [0.3, 0.4) is 0 Å². The minimum absolute atomic E-state index is 0.0221. The predicted octanol–water partition coefficient (Wildman–Crippen LogP) is 3.15. The molecule has 0 bridgehead atoms. The maximum absolute atomic E-state index is 14.5. The number of hydrogen-bond acceptors (Lipinski definition) is 4. The molecule has 3 rings (SSSR count). The van der Waals surface area contributed by atoms with Crippen LogP contribution in [0.4, 0.5) is 23.4 Å². The highest BCUT2D eigenvalue weighted by Crippen LogP contribution is 2.37. The molecule has 144 valence electrons. The molecule has 1 saturated carbocycles. The molecule has 1 aromatic heterocycles. The first kappa shape index (κ1) is 19.0. The van der Waals surface area contributed by atoms with Crippen LogP contribution in [0.15, 0.2) is 35.3 Å². The van der Waals surface area contributed by atoms with Gasteiger partial charge < -0.3 is 5.32 Å². The van der Waals surface area contributed by atoms with E-state index in [9.17, 15) is 22.4 Å². The number of aromatic nitrogens is 2. The zero-order chi connectivity index (χ0) is 19.7. The number of anilines is 1. The Morgan fingerprint density at radius 3 is 2.59 bits per heavy atom. The number of carbonyl (C=O) groups is 1. The quantitative estimate of drug-likeness (QED) is 0.529. The largest absolute Gasteiger partial charge is 0.416 e. The van der Waals surface area contributed by atoms with Gasteiger partial charge in [-0.15, -0.1) is 0 Å². The summed E-state index contributed by atoms with van der Waals surface area (Å²) in [5.74, 6) is -0.633. The molecule has 2 aromatic rings. The van der Waals surface area contributed by atoms with Crippen molar-refractivity contribution in [1.82, 2.24) is 15.5 Å². The number of rotatable bonds is 6. The van der Waals surface area contributed by atoms with Gasteiger partial charge in [-0.3, -0.25) is 20.2 Å². The summed E-state index contributed by atoms with van der Waals surface area (Å²) in [5, 5.41) is 11.8. The first-order valence-electron chi connectivity index (χ1n) is 8.10. The maximum Gasteiger partial charge on any atom is 0.416 e. The molecule has 1 heterocycles. The van der Waals surface area contributed by atoms with Crippen molar-refractivity contribution >= 4 is 18.4 Å². The van der Waals surface area contributed by atoms with Gasteiger partial charge in [0.1, 0.15) is 5.82 Å². The van der Waals surface area contributed by atoms with Crippen LogP contribution < -0.4 is 10.6 Å². The second-order valence-electron chi connectivity index (χ2n) is 6.35. The third-order valence-corrected chi connectivity index (χ3v) is 4.37. The lowest BCUT2D eigenvalue weighted by molar-refractivity contribution is -0.137. The SMILES string of the molecule is C=NCN[C@H]1C[C@@](F)(C(=O)Nc2cc(-c3ccc(C(F)(F)F)cc3)n[nH]2)C1. The fourth-order valence-electron chi connectivity index (χ4n) is 2.84. The van der Waals surface area contributed by atoms with Gasteiger partial charge in [-0.05, 0) is 18.9 Å². The number of H-pyrrole nitrogens is 1. The van der Waals surface area contributed by atoms with Gasteiger partial charge in [0.25, 0.3) is 5.91 Å². The number of halogens is 4. The molecule has 3 N–H and O–H groups in total. The van der Waals surface area contributed by atoms with Crippen LogP contribution in [0.5, 0.6) is 0 Å². The van der Waals surface area contributed by atoms with Crippen LogP contribution in [0.25, 0.3) is 11.3 Å². The number of benzene rings is 1. The minimum atomic E-state index is -4.42. The molecule has 1 fully saturated rings. The lowest BCUT2D eigenvalue weighted by Gasteiger charge is -2.39. The van der Waals surface area contributed by atoms with E-state index in [2.05, 4.69) is 32.5 Å². The Hall–Kier alpha value is -2.75. The van der Waals surface area contributed by atoms with E-state index in [4.69, 9.17) is 0 Å². The maximum atomic E-state index is 14.5. The summed E-state index contributed by atoms with van der Waals surface area (Å²) in [7, 11) is 0. The van der Waals surface area contributed by atoms with E-state index in [1.165, 1.54) is 18.2 Å². The molecule has 0 spiro atoms. The number of amides is 1. The van der Waals surface area contributed by atoms with Gasteiger partial charge in [0.05, 0.1) is 17.9 Å². The summed E-state index contributed by atoms with van der Waals surface area (Å²) >= 11 is 0. The van der Waals surface area contributed by atoms with Gasteiger partial charge >= 0.3 is 6.18 Å². The topological polar surface area (TPSA) is 82.2 Å². The molecule has 27 heavy (non-hydrogen) atoms. The summed E-state index contributed by atoms with van der Waals surface area (Å²) in [6, 6.07) is 5.72. The average molecular weight is 383 g/mol. The van der Waals surface area contributed by atoms with Crippen molar-refractivity contribution < 1.29 is 22.4 Å². The normalized spacial score (nSPS) is 22.1. The molecule has 0 atom stereocenters. The Morgan fingerprint density at radius 1 is 1.33 bits per heavy atom. The molecular formula is C17H17F4N5O. The second-order valence-corrected chi connectivity index (χ2v) is 6.35. The highest BCUT2D eigenvalue weighted by atomic mass is 19.4. The molecule has 0 aliphatic heterocycles. The first-order valence-corrected chi connectivity index (χ1v) is 8.10. The highest BCUT2D eigenvalue weighted by molar-refractivity contribution is 5.97. The van der Waals surface area contributed by atoms with Crippen molar-refractivity contribution in [2.45, 2.75) is 30.7 Å². The van der Waals surface area contributed by atoms with Gasteiger partial charge in [-0.2, -0.15) is 18.3 Å². The average Bonchev–Trinajstić information content (AvgIpc) is 3.05. The number of carbonyl (C=O) groups excluding carboxylic acids is 1. The number of aliphatic imine (C=N–C) groups is 1. The Labute approximate surface area is 152 Å². The monoisotopic (exact) mass is 383 g/mol. The number of alkyl halides is 4. The molecule has 0 saturated heterocycles. The summed E-state index contributed by atoms with van der Waals surface area (Å²) in [4.78, 5) is 15.7. The van der Waals surface area contributed by atoms with Crippen molar-refractivity contribution in [3.63, 3.8) is 0 Å². The van der Waals surface area contributed by atoms with Gasteiger partial charge in [-0.25, -0.2) is 4.39 Å². The number of aromatic amines is 1. The van der Waals surface area contributed by atoms with E-state index in [0.29, 0.717) is 17.9 Å². The Bertz CT molecular complexity index is 825. The molecule has 10 heteroatoms. The van der Waals surface area contributed by atoms with E-state index in [0.717, 1.165) is 12.1 Å². The highest BCUT2D eigenvalue weighted by Gasteiger charge is 2.50. The van der Waals surface area contributed by atoms with Crippen molar-refractivity contribution in [1.29, 1.82) is 0 Å². The van der Waals surface area contributed by atoms with E-state index in [1.54, 1.807) is 0 Å². The van der Waals surface area contributed by atoms with Crippen LogP contribution >= 0.6 is 0 Å². The van der Waals surface area contributed by atoms with Gasteiger partial charge in [0, 0.05) is 30.5 Å². The molecule has 0 unspecified atom stereocenters. The third kappa shape index (κ3) is 4.16. The molecule has 1 aliphatic carbocycles. The second kappa shape index (κ2) is 7.10. The summed E-state index contributed by atoms with van der Waals surface area (Å²) in [5.41, 5.74) is -2.00. The summed E-state index contributed by atoms with van der Waals surface area (Å²) < 4.78 is 52.3. The molecule has 1 aliphatic rings. The number of nitrogens with one attached hydrogen (secondary N) is 3. The van der Waals surface area contributed by atoms with Crippen LogP contribution in [0.2, 0.25) is 0 Å². The Kier molecular flexibility index (Phi) is 5.01. The summed E-state index contributed by atoms with van der Waals surface area (Å²) in [6.07, 6.45) is -4.38. The van der Waals surface area contributed by atoms with Crippen molar-refractivity contribution in [3.05, 3.63) is 35.9 Å². The van der Waals surface area contributed by atoms with E-state index >= 15 is 0 Å². The summed E-state index contributed by atoms with van der Waals surface area (Å²) in [6.45, 7) is 3.60. The Balaban J connectivity index is 1.61.